The summed E-state index contributed by atoms with van der Waals surface area (Å²) in [4.78, 5) is 5.40. The van der Waals surface area contributed by atoms with Crippen LogP contribution in [-0.4, -0.2) is 4.98 Å². The number of pyridine rings is 1. The first-order chi connectivity index (χ1) is 6.16. The number of aryl methyl sites for hydroxylation is 2. The molecule has 2 rings (SSSR count). The normalized spacial score (nSPS) is 10.7. The molecule has 2 aromatic rings. The van der Waals surface area contributed by atoms with Gasteiger partial charge >= 0.3 is 0 Å². The molecule has 0 fully saturated rings. The lowest BCUT2D eigenvalue weighted by Crippen LogP contribution is -1.87. The summed E-state index contributed by atoms with van der Waals surface area (Å²) in [5, 5.41) is 2.43. The van der Waals surface area contributed by atoms with Gasteiger partial charge in [0, 0.05) is 21.7 Å². The van der Waals surface area contributed by atoms with Crippen molar-refractivity contribution in [1.82, 2.24) is 4.98 Å². The van der Waals surface area contributed by atoms with Gasteiger partial charge in [0.2, 0.25) is 0 Å². The molecular formula is C11H11NS. The van der Waals surface area contributed by atoms with Crippen LogP contribution in [0.15, 0.2) is 29.2 Å². The van der Waals surface area contributed by atoms with Crippen molar-refractivity contribution in [2.45, 2.75) is 18.7 Å². The van der Waals surface area contributed by atoms with Crippen LogP contribution in [-0.2, 0) is 0 Å². The maximum absolute atomic E-state index is 4.41. The smallest absolute Gasteiger partial charge is 0.0454 e. The van der Waals surface area contributed by atoms with E-state index in [1.54, 1.807) is 0 Å². The number of benzene rings is 1. The average molecular weight is 189 g/mol. The molecule has 0 saturated carbocycles. The third-order valence-electron chi connectivity index (χ3n) is 2.13. The van der Waals surface area contributed by atoms with Crippen LogP contribution in [0.5, 0.6) is 0 Å². The summed E-state index contributed by atoms with van der Waals surface area (Å²) in [6, 6.07) is 8.22. The SMILES string of the molecule is Cc1cc2cc(S)ccc2c(C)n1. The number of fused-ring (bicyclic) bond motifs is 1. The average Bonchev–Trinajstić information content (AvgIpc) is 2.02. The predicted molar refractivity (Wildman–Crippen MR) is 58.5 cm³/mol. The molecule has 0 aliphatic carbocycles. The molecule has 2 heteroatoms. The van der Waals surface area contributed by atoms with Gasteiger partial charge in [0.1, 0.15) is 0 Å². The van der Waals surface area contributed by atoms with Crippen LogP contribution in [0.4, 0.5) is 0 Å². The topological polar surface area (TPSA) is 12.9 Å². The standard InChI is InChI=1S/C11H11NS/c1-7-5-9-6-10(13)3-4-11(9)8(2)12-7/h3-6,13H,1-2H3. The van der Waals surface area contributed by atoms with Gasteiger partial charge in [-0.05, 0) is 37.4 Å². The van der Waals surface area contributed by atoms with Gasteiger partial charge in [-0.3, -0.25) is 4.98 Å². The minimum Gasteiger partial charge on any atom is -0.258 e. The second-order valence-electron chi connectivity index (χ2n) is 3.25. The number of rotatable bonds is 0. The Bertz CT molecular complexity index is 458. The molecule has 0 radical (unpaired) electrons. The summed E-state index contributed by atoms with van der Waals surface area (Å²) in [5.41, 5.74) is 2.15. The summed E-state index contributed by atoms with van der Waals surface area (Å²) in [6.07, 6.45) is 0. The Morgan fingerprint density at radius 1 is 1.15 bits per heavy atom. The van der Waals surface area contributed by atoms with E-state index >= 15 is 0 Å². The summed E-state index contributed by atoms with van der Waals surface area (Å²) in [7, 11) is 0. The zero-order valence-electron chi connectivity index (χ0n) is 7.70. The van der Waals surface area contributed by atoms with Crippen molar-refractivity contribution in [3.05, 3.63) is 35.7 Å². The molecule has 66 valence electrons. The van der Waals surface area contributed by atoms with E-state index in [1.165, 1.54) is 10.8 Å². The Balaban J connectivity index is 2.86. The molecule has 1 nitrogen and oxygen atoms in total. The highest BCUT2D eigenvalue weighted by Gasteiger charge is 1.99. The van der Waals surface area contributed by atoms with E-state index in [1.807, 2.05) is 19.9 Å². The lowest BCUT2D eigenvalue weighted by Gasteiger charge is -2.03. The Morgan fingerprint density at radius 3 is 2.69 bits per heavy atom. The van der Waals surface area contributed by atoms with E-state index in [0.717, 1.165) is 16.3 Å². The summed E-state index contributed by atoms with van der Waals surface area (Å²) in [5.74, 6) is 0. The van der Waals surface area contributed by atoms with Gasteiger partial charge in [-0.2, -0.15) is 0 Å². The number of aromatic nitrogens is 1. The van der Waals surface area contributed by atoms with E-state index in [4.69, 9.17) is 0 Å². The fourth-order valence-corrected chi connectivity index (χ4v) is 1.79. The zero-order valence-corrected chi connectivity index (χ0v) is 8.60. The number of hydrogen-bond acceptors (Lipinski definition) is 2. The van der Waals surface area contributed by atoms with Gasteiger partial charge in [-0.25, -0.2) is 0 Å². The Kier molecular flexibility index (Phi) is 2.00. The largest absolute Gasteiger partial charge is 0.258 e. The maximum atomic E-state index is 4.41. The molecule has 0 bridgehead atoms. The molecule has 0 amide bonds. The van der Waals surface area contributed by atoms with Gasteiger partial charge in [0.25, 0.3) is 0 Å². The van der Waals surface area contributed by atoms with E-state index in [9.17, 15) is 0 Å². The first-order valence-corrected chi connectivity index (χ1v) is 4.68. The molecule has 0 atom stereocenters. The molecule has 0 aliphatic heterocycles. The van der Waals surface area contributed by atoms with Crippen molar-refractivity contribution in [2.24, 2.45) is 0 Å². The van der Waals surface area contributed by atoms with Crippen LogP contribution in [0.3, 0.4) is 0 Å². The molecule has 0 aliphatic rings. The van der Waals surface area contributed by atoms with Crippen LogP contribution < -0.4 is 0 Å². The third-order valence-corrected chi connectivity index (χ3v) is 2.41. The summed E-state index contributed by atoms with van der Waals surface area (Å²) in [6.45, 7) is 4.05. The first kappa shape index (κ1) is 8.57. The number of thiol groups is 1. The second-order valence-corrected chi connectivity index (χ2v) is 3.77. The van der Waals surface area contributed by atoms with Crippen molar-refractivity contribution in [3.8, 4) is 0 Å². The lowest BCUT2D eigenvalue weighted by atomic mass is 10.1. The van der Waals surface area contributed by atoms with Crippen LogP contribution >= 0.6 is 12.6 Å². The highest BCUT2D eigenvalue weighted by atomic mass is 32.1. The van der Waals surface area contributed by atoms with Crippen molar-refractivity contribution in [2.75, 3.05) is 0 Å². The van der Waals surface area contributed by atoms with Crippen molar-refractivity contribution < 1.29 is 0 Å². The number of hydrogen-bond donors (Lipinski definition) is 1. The molecule has 0 saturated heterocycles. The lowest BCUT2D eigenvalue weighted by molar-refractivity contribution is 1.15. The molecular weight excluding hydrogens is 178 g/mol. The van der Waals surface area contributed by atoms with Crippen LogP contribution in [0.25, 0.3) is 10.8 Å². The molecule has 1 aromatic heterocycles. The molecule has 0 spiro atoms. The predicted octanol–water partition coefficient (Wildman–Crippen LogP) is 3.14. The van der Waals surface area contributed by atoms with Gasteiger partial charge < -0.3 is 0 Å². The Hall–Kier alpha value is -1.02. The third kappa shape index (κ3) is 1.54. The monoisotopic (exact) mass is 189 g/mol. The molecule has 1 aromatic carbocycles. The molecule has 0 N–H and O–H groups in total. The van der Waals surface area contributed by atoms with Gasteiger partial charge in [-0.1, -0.05) is 6.07 Å². The Labute approximate surface area is 83.2 Å². The van der Waals surface area contributed by atoms with Crippen molar-refractivity contribution in [3.63, 3.8) is 0 Å². The fraction of sp³-hybridized carbons (Fsp3) is 0.182. The molecule has 13 heavy (non-hydrogen) atoms. The van der Waals surface area contributed by atoms with E-state index in [2.05, 4.69) is 35.8 Å². The maximum Gasteiger partial charge on any atom is 0.0454 e. The minimum absolute atomic E-state index is 0.998. The van der Waals surface area contributed by atoms with E-state index in [-0.39, 0.29) is 0 Å². The fourth-order valence-electron chi connectivity index (χ4n) is 1.58. The van der Waals surface area contributed by atoms with Crippen LogP contribution in [0.1, 0.15) is 11.4 Å². The van der Waals surface area contributed by atoms with Crippen LogP contribution in [0, 0.1) is 13.8 Å². The highest BCUT2D eigenvalue weighted by Crippen LogP contribution is 2.20. The highest BCUT2D eigenvalue weighted by molar-refractivity contribution is 7.80. The molecule has 0 unspecified atom stereocenters. The minimum atomic E-state index is 0.998. The summed E-state index contributed by atoms with van der Waals surface area (Å²) < 4.78 is 0. The zero-order chi connectivity index (χ0) is 9.42. The Morgan fingerprint density at radius 2 is 1.92 bits per heavy atom. The molecule has 1 heterocycles. The van der Waals surface area contributed by atoms with Crippen LogP contribution in [0.2, 0.25) is 0 Å². The first-order valence-electron chi connectivity index (χ1n) is 4.24. The summed E-state index contributed by atoms with van der Waals surface area (Å²) >= 11 is 4.31. The second kappa shape index (κ2) is 3.04. The van der Waals surface area contributed by atoms with E-state index < -0.39 is 0 Å². The number of nitrogens with zero attached hydrogens (tertiary/aromatic N) is 1. The van der Waals surface area contributed by atoms with Gasteiger partial charge in [0.05, 0.1) is 0 Å². The van der Waals surface area contributed by atoms with E-state index in [0.29, 0.717) is 0 Å². The van der Waals surface area contributed by atoms with Gasteiger partial charge in [-0.15, -0.1) is 12.6 Å². The van der Waals surface area contributed by atoms with Crippen molar-refractivity contribution >= 4 is 23.4 Å². The quantitative estimate of drug-likeness (QED) is 0.628. The van der Waals surface area contributed by atoms with Crippen molar-refractivity contribution in [1.29, 1.82) is 0 Å². The van der Waals surface area contributed by atoms with Gasteiger partial charge in [0.15, 0.2) is 0 Å².